The third-order valence-electron chi connectivity index (χ3n) is 6.21. The van der Waals surface area contributed by atoms with Crippen LogP contribution in [-0.4, -0.2) is 43.2 Å². The summed E-state index contributed by atoms with van der Waals surface area (Å²) in [4.78, 5) is 15.0. The summed E-state index contributed by atoms with van der Waals surface area (Å²) in [6.45, 7) is 1.63. The van der Waals surface area contributed by atoms with Crippen molar-refractivity contribution >= 4 is 11.7 Å². The van der Waals surface area contributed by atoms with Gasteiger partial charge in [-0.2, -0.15) is 0 Å². The minimum Gasteiger partial charge on any atom is -0.497 e. The number of fused-ring (bicyclic) bond motifs is 2. The zero-order chi connectivity index (χ0) is 20.5. The lowest BCUT2D eigenvalue weighted by molar-refractivity contribution is 0.00202. The molecule has 2 fully saturated rings. The summed E-state index contributed by atoms with van der Waals surface area (Å²) >= 11 is 0. The van der Waals surface area contributed by atoms with Gasteiger partial charge in [0, 0.05) is 30.8 Å². The van der Waals surface area contributed by atoms with Crippen LogP contribution in [0.4, 0.5) is 10.5 Å². The highest BCUT2D eigenvalue weighted by atomic mass is 16.5. The summed E-state index contributed by atoms with van der Waals surface area (Å²) in [7, 11) is 1.63. The second kappa shape index (κ2) is 7.84. The molecule has 0 aromatic heterocycles. The maximum atomic E-state index is 13.0. The van der Waals surface area contributed by atoms with Gasteiger partial charge in [-0.25, -0.2) is 4.79 Å². The van der Waals surface area contributed by atoms with Gasteiger partial charge in [0.1, 0.15) is 5.75 Å². The molecule has 5 nitrogen and oxygen atoms in total. The molecule has 0 saturated carbocycles. The predicted octanol–water partition coefficient (Wildman–Crippen LogP) is 4.33. The minimum absolute atomic E-state index is 0.0445. The van der Waals surface area contributed by atoms with Crippen LogP contribution in [0.3, 0.4) is 0 Å². The van der Waals surface area contributed by atoms with Gasteiger partial charge in [-0.05, 0) is 28.8 Å². The third kappa shape index (κ3) is 3.31. The van der Waals surface area contributed by atoms with Crippen molar-refractivity contribution in [3.05, 3.63) is 84.4 Å². The normalized spacial score (nSPS) is 22.2. The standard InChI is InChI=1S/C25H25N3O2/c1-30-21-9-5-8-20(14-21)27-25(29)28-22-15-26-16-23(28)24(22)19-12-10-18(11-13-19)17-6-3-2-4-7-17/h2-14,22-24,26H,15-16H2,1H3,(H,27,29)/t22-,23+,24?. The number of ether oxygens (including phenoxy) is 1. The van der Waals surface area contributed by atoms with Crippen molar-refractivity contribution in [3.8, 4) is 16.9 Å². The number of anilines is 1. The first-order valence-corrected chi connectivity index (χ1v) is 10.3. The second-order valence-electron chi connectivity index (χ2n) is 7.88. The van der Waals surface area contributed by atoms with E-state index in [0.29, 0.717) is 5.92 Å². The summed E-state index contributed by atoms with van der Waals surface area (Å²) in [6, 6.07) is 27.0. The summed E-state index contributed by atoms with van der Waals surface area (Å²) in [5, 5.41) is 6.48. The molecule has 30 heavy (non-hydrogen) atoms. The number of rotatable bonds is 4. The maximum absolute atomic E-state index is 13.0. The fraction of sp³-hybridized carbons (Fsp3) is 0.240. The van der Waals surface area contributed by atoms with Gasteiger partial charge in [-0.15, -0.1) is 0 Å². The SMILES string of the molecule is COc1cccc(NC(=O)N2[C@@H]3CNC[C@H]2C3c2ccc(-c3ccccc3)cc2)c1. The Balaban J connectivity index is 1.31. The molecule has 0 radical (unpaired) electrons. The molecular weight excluding hydrogens is 374 g/mol. The largest absolute Gasteiger partial charge is 0.497 e. The monoisotopic (exact) mass is 399 g/mol. The molecule has 2 aliphatic heterocycles. The Labute approximate surface area is 176 Å². The number of hydrogen-bond acceptors (Lipinski definition) is 3. The molecule has 3 aromatic rings. The van der Waals surface area contributed by atoms with Gasteiger partial charge in [0.25, 0.3) is 0 Å². The van der Waals surface area contributed by atoms with Crippen LogP contribution in [0.15, 0.2) is 78.9 Å². The van der Waals surface area contributed by atoms with Crippen molar-refractivity contribution in [1.82, 2.24) is 10.2 Å². The number of piperidine rings is 1. The lowest BCUT2D eigenvalue weighted by Gasteiger charge is -2.59. The van der Waals surface area contributed by atoms with Gasteiger partial charge in [0.05, 0.1) is 19.2 Å². The van der Waals surface area contributed by atoms with Crippen molar-refractivity contribution < 1.29 is 9.53 Å². The van der Waals surface area contributed by atoms with Gasteiger partial charge < -0.3 is 20.3 Å². The van der Waals surface area contributed by atoms with Gasteiger partial charge in [0.15, 0.2) is 0 Å². The number of amides is 2. The molecule has 152 valence electrons. The average molecular weight is 399 g/mol. The van der Waals surface area contributed by atoms with Crippen LogP contribution in [0.2, 0.25) is 0 Å². The number of carbonyl (C=O) groups excluding carboxylic acids is 1. The average Bonchev–Trinajstić information content (AvgIpc) is 2.80. The molecule has 2 aliphatic rings. The molecule has 2 heterocycles. The number of piperazine rings is 1. The zero-order valence-electron chi connectivity index (χ0n) is 16.9. The Morgan fingerprint density at radius 1 is 0.933 bits per heavy atom. The van der Waals surface area contributed by atoms with Gasteiger partial charge in [0.2, 0.25) is 0 Å². The number of methoxy groups -OCH3 is 1. The number of urea groups is 1. The fourth-order valence-corrected chi connectivity index (χ4v) is 4.74. The number of benzene rings is 3. The Hall–Kier alpha value is -3.31. The van der Waals surface area contributed by atoms with Gasteiger partial charge >= 0.3 is 6.03 Å². The van der Waals surface area contributed by atoms with Crippen LogP contribution in [0.1, 0.15) is 11.5 Å². The van der Waals surface area contributed by atoms with Crippen molar-refractivity contribution in [3.63, 3.8) is 0 Å². The number of carbonyl (C=O) groups is 1. The van der Waals surface area contributed by atoms with E-state index in [2.05, 4.69) is 59.2 Å². The Kier molecular flexibility index (Phi) is 4.89. The molecule has 0 aliphatic carbocycles. The van der Waals surface area contributed by atoms with E-state index in [0.717, 1.165) is 24.5 Å². The van der Waals surface area contributed by atoms with Crippen LogP contribution < -0.4 is 15.4 Å². The van der Waals surface area contributed by atoms with E-state index >= 15 is 0 Å². The Morgan fingerprint density at radius 2 is 1.63 bits per heavy atom. The highest BCUT2D eigenvalue weighted by molar-refractivity contribution is 5.91. The van der Waals surface area contributed by atoms with Crippen LogP contribution >= 0.6 is 0 Å². The molecule has 5 rings (SSSR count). The van der Waals surface area contributed by atoms with E-state index < -0.39 is 0 Å². The van der Waals surface area contributed by atoms with Crippen LogP contribution in [0.25, 0.3) is 11.1 Å². The number of nitrogens with zero attached hydrogens (tertiary/aromatic N) is 1. The first kappa shape index (κ1) is 18.7. The molecule has 2 bridgehead atoms. The third-order valence-corrected chi connectivity index (χ3v) is 6.21. The minimum atomic E-state index is -0.0445. The Bertz CT molecular complexity index is 1020. The van der Waals surface area contributed by atoms with E-state index in [1.54, 1.807) is 7.11 Å². The van der Waals surface area contributed by atoms with Crippen molar-refractivity contribution in [1.29, 1.82) is 0 Å². The maximum Gasteiger partial charge on any atom is 0.322 e. The van der Waals surface area contributed by atoms with E-state index in [9.17, 15) is 4.79 Å². The van der Waals surface area contributed by atoms with Crippen molar-refractivity contribution in [2.75, 3.05) is 25.5 Å². The molecule has 5 heteroatoms. The summed E-state index contributed by atoms with van der Waals surface area (Å²) in [6.07, 6.45) is 0. The fourth-order valence-electron chi connectivity index (χ4n) is 4.74. The summed E-state index contributed by atoms with van der Waals surface area (Å²) < 4.78 is 5.25. The second-order valence-corrected chi connectivity index (χ2v) is 7.88. The zero-order valence-corrected chi connectivity index (χ0v) is 16.9. The van der Waals surface area contributed by atoms with Crippen LogP contribution in [0.5, 0.6) is 5.75 Å². The van der Waals surface area contributed by atoms with E-state index in [-0.39, 0.29) is 18.1 Å². The number of nitrogens with one attached hydrogen (secondary N) is 2. The molecule has 2 N–H and O–H groups in total. The lowest BCUT2D eigenvalue weighted by atomic mass is 9.72. The molecule has 0 spiro atoms. The van der Waals surface area contributed by atoms with Gasteiger partial charge in [-0.1, -0.05) is 60.7 Å². The molecular formula is C25H25N3O2. The predicted molar refractivity (Wildman–Crippen MR) is 119 cm³/mol. The molecule has 1 unspecified atom stereocenters. The lowest BCUT2D eigenvalue weighted by Crippen LogP contribution is -2.74. The molecule has 2 saturated heterocycles. The summed E-state index contributed by atoms with van der Waals surface area (Å²) in [5.41, 5.74) is 4.49. The highest BCUT2D eigenvalue weighted by Gasteiger charge is 2.53. The smallest absolute Gasteiger partial charge is 0.322 e. The Morgan fingerprint density at radius 3 is 2.33 bits per heavy atom. The van der Waals surface area contributed by atoms with Crippen LogP contribution in [0, 0.1) is 0 Å². The van der Waals surface area contributed by atoms with Crippen molar-refractivity contribution in [2.45, 2.75) is 18.0 Å². The van der Waals surface area contributed by atoms with Crippen LogP contribution in [-0.2, 0) is 0 Å². The van der Waals surface area contributed by atoms with E-state index in [1.165, 1.54) is 16.7 Å². The first-order chi connectivity index (χ1) is 14.7. The number of hydrogen-bond donors (Lipinski definition) is 2. The molecule has 3 aromatic carbocycles. The highest BCUT2D eigenvalue weighted by Crippen LogP contribution is 2.43. The topological polar surface area (TPSA) is 53.6 Å². The molecule has 3 atom stereocenters. The van der Waals surface area contributed by atoms with Gasteiger partial charge in [-0.3, -0.25) is 0 Å². The van der Waals surface area contributed by atoms with Crippen molar-refractivity contribution in [2.24, 2.45) is 0 Å². The molecule has 2 amide bonds. The van der Waals surface area contributed by atoms with E-state index in [4.69, 9.17) is 4.74 Å². The summed E-state index contributed by atoms with van der Waals surface area (Å²) in [5.74, 6) is 1.10. The quantitative estimate of drug-likeness (QED) is 0.686. The first-order valence-electron chi connectivity index (χ1n) is 10.3. The van der Waals surface area contributed by atoms with E-state index in [1.807, 2.05) is 35.2 Å².